The Morgan fingerprint density at radius 2 is 1.86 bits per heavy atom. The number of unbranched alkanes of at least 4 members (excludes halogenated alkanes) is 3. The van der Waals surface area contributed by atoms with Crippen LogP contribution in [-0.2, 0) is 9.53 Å². The molecule has 0 unspecified atom stereocenters. The summed E-state index contributed by atoms with van der Waals surface area (Å²) in [6.45, 7) is 3.06. The molecular weight excluding hydrogens is 272 g/mol. The molecule has 1 saturated heterocycles. The number of amides is 2. The van der Waals surface area contributed by atoms with Crippen LogP contribution in [0.25, 0.3) is 0 Å². The van der Waals surface area contributed by atoms with Gasteiger partial charge in [0.2, 0.25) is 0 Å². The van der Waals surface area contributed by atoms with Crippen LogP contribution in [0.5, 0.6) is 0 Å². The van der Waals surface area contributed by atoms with Crippen LogP contribution >= 0.6 is 0 Å². The number of nitrogens with zero attached hydrogens (tertiary/aromatic N) is 1. The van der Waals surface area contributed by atoms with Crippen molar-refractivity contribution >= 4 is 12.0 Å². The van der Waals surface area contributed by atoms with E-state index in [-0.39, 0.29) is 12.5 Å². The van der Waals surface area contributed by atoms with Crippen molar-refractivity contribution in [3.05, 3.63) is 0 Å². The molecule has 1 fully saturated rings. The molecule has 0 aromatic rings. The lowest BCUT2D eigenvalue weighted by molar-refractivity contribution is -0.137. The number of urea groups is 1. The van der Waals surface area contributed by atoms with Crippen LogP contribution in [0.3, 0.4) is 0 Å². The van der Waals surface area contributed by atoms with Crippen molar-refractivity contribution in [2.24, 2.45) is 5.92 Å². The molecule has 6 nitrogen and oxygen atoms in total. The molecule has 0 aromatic carbocycles. The average Bonchev–Trinajstić information content (AvgIpc) is 2.47. The molecule has 21 heavy (non-hydrogen) atoms. The normalized spacial score (nSPS) is 16.0. The van der Waals surface area contributed by atoms with Crippen molar-refractivity contribution in [2.75, 3.05) is 33.4 Å². The number of aliphatic carboxylic acids is 1. The molecule has 2 N–H and O–H groups in total. The molecule has 1 heterocycles. The first kappa shape index (κ1) is 17.8. The van der Waals surface area contributed by atoms with Crippen molar-refractivity contribution in [1.82, 2.24) is 10.2 Å². The van der Waals surface area contributed by atoms with E-state index < -0.39 is 5.97 Å². The molecule has 1 rings (SSSR count). The van der Waals surface area contributed by atoms with Crippen molar-refractivity contribution in [3.63, 3.8) is 0 Å². The second-order valence-corrected chi connectivity index (χ2v) is 5.68. The lowest BCUT2D eigenvalue weighted by Gasteiger charge is -2.31. The smallest absolute Gasteiger partial charge is 0.317 e. The van der Waals surface area contributed by atoms with Crippen molar-refractivity contribution in [2.45, 2.75) is 44.9 Å². The van der Waals surface area contributed by atoms with Crippen LogP contribution in [0.15, 0.2) is 0 Å². The molecule has 6 heteroatoms. The summed E-state index contributed by atoms with van der Waals surface area (Å²) >= 11 is 0. The van der Waals surface area contributed by atoms with E-state index in [9.17, 15) is 9.59 Å². The first-order valence-corrected chi connectivity index (χ1v) is 7.87. The number of carbonyl (C=O) groups is 2. The number of carbonyl (C=O) groups excluding carboxylic acids is 1. The zero-order valence-corrected chi connectivity index (χ0v) is 13.0. The van der Waals surface area contributed by atoms with Crippen LogP contribution in [0.4, 0.5) is 4.79 Å². The highest BCUT2D eigenvalue weighted by atomic mass is 16.5. The Hall–Kier alpha value is -1.30. The summed E-state index contributed by atoms with van der Waals surface area (Å²) < 4.78 is 5.15. The summed E-state index contributed by atoms with van der Waals surface area (Å²) in [6.07, 6.45) is 5.76. The van der Waals surface area contributed by atoms with Crippen molar-refractivity contribution in [1.29, 1.82) is 0 Å². The molecule has 0 atom stereocenters. The van der Waals surface area contributed by atoms with Gasteiger partial charge in [0.25, 0.3) is 0 Å². The minimum absolute atomic E-state index is 0.0244. The molecule has 0 bridgehead atoms. The zero-order valence-electron chi connectivity index (χ0n) is 13.0. The number of rotatable bonds is 9. The second-order valence-electron chi connectivity index (χ2n) is 5.68. The van der Waals surface area contributed by atoms with E-state index in [1.165, 1.54) is 0 Å². The monoisotopic (exact) mass is 300 g/mol. The number of nitrogens with one attached hydrogen (secondary N) is 1. The van der Waals surface area contributed by atoms with Crippen LogP contribution in [0.1, 0.15) is 44.9 Å². The number of hydrogen-bond acceptors (Lipinski definition) is 3. The highest BCUT2D eigenvalue weighted by Crippen LogP contribution is 2.17. The number of carboxylic acids is 1. The van der Waals surface area contributed by atoms with Crippen molar-refractivity contribution < 1.29 is 19.4 Å². The van der Waals surface area contributed by atoms with E-state index >= 15 is 0 Å². The third-order valence-corrected chi connectivity index (χ3v) is 3.90. The number of piperidine rings is 1. The van der Waals surface area contributed by atoms with E-state index in [1.54, 1.807) is 7.11 Å². The van der Waals surface area contributed by atoms with Gasteiger partial charge in [-0.05, 0) is 31.6 Å². The third kappa shape index (κ3) is 7.90. The fraction of sp³-hybridized carbons (Fsp3) is 0.867. The van der Waals surface area contributed by atoms with Crippen LogP contribution < -0.4 is 5.32 Å². The lowest BCUT2D eigenvalue weighted by atomic mass is 9.98. The van der Waals surface area contributed by atoms with Gasteiger partial charge in [0.05, 0.1) is 0 Å². The van der Waals surface area contributed by atoms with Gasteiger partial charge in [0, 0.05) is 39.8 Å². The third-order valence-electron chi connectivity index (χ3n) is 3.90. The van der Waals surface area contributed by atoms with Crippen molar-refractivity contribution in [3.8, 4) is 0 Å². The molecule has 0 saturated carbocycles. The van der Waals surface area contributed by atoms with Crippen LogP contribution in [0.2, 0.25) is 0 Å². The lowest BCUT2D eigenvalue weighted by Crippen LogP contribution is -2.45. The summed E-state index contributed by atoms with van der Waals surface area (Å²) in [5, 5.41) is 11.5. The van der Waals surface area contributed by atoms with Gasteiger partial charge in [-0.1, -0.05) is 12.8 Å². The molecule has 0 aliphatic carbocycles. The number of methoxy groups -OCH3 is 1. The van der Waals surface area contributed by atoms with E-state index in [0.717, 1.165) is 58.2 Å². The van der Waals surface area contributed by atoms with Gasteiger partial charge in [-0.15, -0.1) is 0 Å². The predicted octanol–water partition coefficient (Wildman–Crippen LogP) is 2.09. The number of carboxylic acid groups (broad SMARTS) is 1. The Labute approximate surface area is 126 Å². The number of hydrogen-bond donors (Lipinski definition) is 2. The number of likely N-dealkylation sites (tertiary alicyclic amines) is 1. The fourth-order valence-corrected chi connectivity index (χ4v) is 2.60. The summed E-state index contributed by atoms with van der Waals surface area (Å²) in [5.74, 6) is -0.159. The molecule has 1 aliphatic heterocycles. The Bertz CT molecular complexity index is 315. The second kappa shape index (κ2) is 10.4. The molecule has 122 valence electrons. The summed E-state index contributed by atoms with van der Waals surface area (Å²) in [7, 11) is 1.72. The van der Waals surface area contributed by atoms with E-state index in [1.807, 2.05) is 4.90 Å². The van der Waals surface area contributed by atoms with Gasteiger partial charge in [-0.2, -0.15) is 0 Å². The Kier molecular flexibility index (Phi) is 8.82. The predicted molar refractivity (Wildman–Crippen MR) is 80.3 cm³/mol. The summed E-state index contributed by atoms with van der Waals surface area (Å²) in [4.78, 5) is 24.2. The molecule has 1 aliphatic rings. The molecular formula is C15H28N2O4. The Morgan fingerprint density at radius 1 is 1.19 bits per heavy atom. The Balaban J connectivity index is 2.00. The largest absolute Gasteiger partial charge is 0.481 e. The fourth-order valence-electron chi connectivity index (χ4n) is 2.60. The summed E-state index contributed by atoms with van der Waals surface area (Å²) in [5.41, 5.74) is 0. The highest BCUT2D eigenvalue weighted by molar-refractivity contribution is 5.74. The number of ether oxygens (including phenoxy) is 1. The van der Waals surface area contributed by atoms with Gasteiger partial charge in [0.1, 0.15) is 0 Å². The van der Waals surface area contributed by atoms with Gasteiger partial charge in [0.15, 0.2) is 0 Å². The SMILES string of the molecule is COCC1CCN(C(=O)NCCCCCCC(=O)O)CC1. The van der Waals surface area contributed by atoms with Gasteiger partial charge < -0.3 is 20.1 Å². The Morgan fingerprint density at radius 3 is 2.48 bits per heavy atom. The summed E-state index contributed by atoms with van der Waals surface area (Å²) in [6, 6.07) is 0.0244. The standard InChI is InChI=1S/C15H28N2O4/c1-21-12-13-7-10-17(11-8-13)15(20)16-9-5-3-2-4-6-14(18)19/h13H,2-12H2,1H3,(H,16,20)(H,18,19). The molecule has 0 aromatic heterocycles. The average molecular weight is 300 g/mol. The topological polar surface area (TPSA) is 78.9 Å². The minimum atomic E-state index is -0.736. The molecule has 0 radical (unpaired) electrons. The minimum Gasteiger partial charge on any atom is -0.481 e. The molecule has 0 spiro atoms. The first-order chi connectivity index (χ1) is 10.1. The molecule has 2 amide bonds. The van der Waals surface area contributed by atoms with Gasteiger partial charge >= 0.3 is 12.0 Å². The van der Waals surface area contributed by atoms with E-state index in [2.05, 4.69) is 5.32 Å². The maximum Gasteiger partial charge on any atom is 0.317 e. The van der Waals surface area contributed by atoms with E-state index in [0.29, 0.717) is 12.5 Å². The maximum absolute atomic E-state index is 11.9. The zero-order chi connectivity index (χ0) is 15.5. The van der Waals surface area contributed by atoms with Crippen LogP contribution in [0, 0.1) is 5.92 Å². The van der Waals surface area contributed by atoms with E-state index in [4.69, 9.17) is 9.84 Å². The van der Waals surface area contributed by atoms with Gasteiger partial charge in [-0.3, -0.25) is 4.79 Å². The van der Waals surface area contributed by atoms with Crippen LogP contribution in [-0.4, -0.2) is 55.4 Å². The van der Waals surface area contributed by atoms with Gasteiger partial charge in [-0.25, -0.2) is 4.79 Å². The maximum atomic E-state index is 11.9. The quantitative estimate of drug-likeness (QED) is 0.639. The first-order valence-electron chi connectivity index (χ1n) is 7.87. The highest BCUT2D eigenvalue weighted by Gasteiger charge is 2.22.